The van der Waals surface area contributed by atoms with Gasteiger partial charge in [0.05, 0.1) is 5.56 Å². The number of unbranched alkanes of at least 4 members (excludes halogenated alkanes) is 3. The van der Waals surface area contributed by atoms with Crippen LogP contribution in [0.3, 0.4) is 0 Å². The molecule has 3 rings (SSSR count). The van der Waals surface area contributed by atoms with Gasteiger partial charge in [0, 0.05) is 51.3 Å². The molecule has 3 aromatic carbocycles. The zero-order chi connectivity index (χ0) is 35.5. The quantitative estimate of drug-likeness (QED) is 0.120. The molecule has 0 heterocycles. The van der Waals surface area contributed by atoms with E-state index in [1.165, 1.54) is 42.5 Å². The number of rotatable bonds is 12. The number of carbonyl (C=O) groups is 4. The molecule has 0 aliphatic rings. The van der Waals surface area contributed by atoms with Gasteiger partial charge in [0.25, 0.3) is 11.8 Å². The summed E-state index contributed by atoms with van der Waals surface area (Å²) in [7, 11) is 0. The number of halogens is 5. The van der Waals surface area contributed by atoms with Gasteiger partial charge in [-0.3, -0.25) is 9.59 Å². The van der Waals surface area contributed by atoms with Crippen molar-refractivity contribution in [2.45, 2.75) is 58.2 Å². The molecule has 5 N–H and O–H groups in total. The highest BCUT2D eigenvalue weighted by Crippen LogP contribution is 2.31. The predicted octanol–water partition coefficient (Wildman–Crippen LogP) is 8.72. The Bertz CT molecular complexity index is 1610. The van der Waals surface area contributed by atoms with Gasteiger partial charge in [-0.2, -0.15) is 13.2 Å². The number of amides is 5. The lowest BCUT2D eigenvalue weighted by molar-refractivity contribution is -0.137. The molecule has 0 fully saturated rings. The largest absolute Gasteiger partial charge is 0.444 e. The first-order valence-electron chi connectivity index (χ1n) is 14.9. The predicted molar refractivity (Wildman–Crippen MR) is 180 cm³/mol. The van der Waals surface area contributed by atoms with Crippen molar-refractivity contribution in [2.24, 2.45) is 0 Å². The molecule has 0 atom stereocenters. The second kappa shape index (κ2) is 17.1. The second-order valence-electron chi connectivity index (χ2n) is 11.7. The van der Waals surface area contributed by atoms with E-state index >= 15 is 0 Å². The summed E-state index contributed by atoms with van der Waals surface area (Å²) in [5, 5.41) is 13.5. The third-order valence-electron chi connectivity index (χ3n) is 6.34. The van der Waals surface area contributed by atoms with E-state index in [9.17, 15) is 32.3 Å². The van der Waals surface area contributed by atoms with E-state index in [2.05, 4.69) is 26.6 Å². The van der Waals surface area contributed by atoms with Gasteiger partial charge in [-0.05, 0) is 88.2 Å². The van der Waals surface area contributed by atoms with E-state index in [0.29, 0.717) is 25.9 Å². The number of hydrogen-bond donors (Lipinski definition) is 5. The molecule has 258 valence electrons. The third kappa shape index (κ3) is 13.3. The van der Waals surface area contributed by atoms with Crippen LogP contribution in [-0.2, 0) is 10.9 Å². The number of nitrogens with one attached hydrogen (secondary N) is 5. The summed E-state index contributed by atoms with van der Waals surface area (Å²) in [5.74, 6) is -1.35. The number of carbonyl (C=O) groups excluding carboxylic acids is 4. The zero-order valence-corrected chi connectivity index (χ0v) is 28.0. The van der Waals surface area contributed by atoms with Gasteiger partial charge < -0.3 is 31.3 Å². The number of benzene rings is 3. The first-order valence-corrected chi connectivity index (χ1v) is 15.7. The Labute approximate surface area is 286 Å². The van der Waals surface area contributed by atoms with Crippen LogP contribution in [0, 0.1) is 0 Å². The Hall–Kier alpha value is -4.49. The maximum atomic E-state index is 13.2. The Morgan fingerprint density at radius 1 is 0.667 bits per heavy atom. The Morgan fingerprint density at radius 2 is 1.23 bits per heavy atom. The highest BCUT2D eigenvalue weighted by molar-refractivity contribution is 6.35. The molecule has 0 aliphatic heterocycles. The standard InChI is InChI=1S/C33H36Cl2F3N5O5/c1-32(2,3)48-31(47)40-12-7-5-4-6-11-39-28(44)20-13-21(29(45)41-25-10-8-9-22(16-25)33(36,37)38)15-26(14-20)42-30(46)43-27-18-23(34)17-24(35)19-27/h8-10,13-19H,4-7,11-12H2,1-3H3,(H,39,44)(H,40,47)(H,41,45)(H2,42,43,46). The highest BCUT2D eigenvalue weighted by Gasteiger charge is 2.30. The van der Waals surface area contributed by atoms with E-state index < -0.39 is 41.3 Å². The molecule has 0 radical (unpaired) electrons. The van der Waals surface area contributed by atoms with Crippen molar-refractivity contribution in [3.8, 4) is 0 Å². The van der Waals surface area contributed by atoms with Crippen LogP contribution >= 0.6 is 23.2 Å². The lowest BCUT2D eigenvalue weighted by Gasteiger charge is -2.19. The first-order chi connectivity index (χ1) is 22.5. The van der Waals surface area contributed by atoms with Crippen LogP contribution in [0.4, 0.5) is 39.8 Å². The van der Waals surface area contributed by atoms with Crippen LogP contribution in [-0.4, -0.2) is 42.6 Å². The summed E-state index contributed by atoms with van der Waals surface area (Å²) in [5.41, 5.74) is -1.39. The maximum absolute atomic E-state index is 13.2. The van der Waals surface area contributed by atoms with Crippen LogP contribution in [0.15, 0.2) is 60.7 Å². The van der Waals surface area contributed by atoms with Crippen molar-refractivity contribution in [2.75, 3.05) is 29.0 Å². The van der Waals surface area contributed by atoms with E-state index in [1.54, 1.807) is 20.8 Å². The molecule has 0 spiro atoms. The highest BCUT2D eigenvalue weighted by atomic mass is 35.5. The minimum atomic E-state index is -4.62. The fourth-order valence-electron chi connectivity index (χ4n) is 4.27. The minimum Gasteiger partial charge on any atom is -0.444 e. The molecule has 0 bridgehead atoms. The number of alkyl halides is 3. The molecule has 5 amide bonds. The van der Waals surface area contributed by atoms with Crippen molar-refractivity contribution in [3.63, 3.8) is 0 Å². The number of urea groups is 1. The van der Waals surface area contributed by atoms with E-state index in [4.69, 9.17) is 27.9 Å². The number of alkyl carbamates (subject to hydrolysis) is 1. The Morgan fingerprint density at radius 3 is 1.81 bits per heavy atom. The summed E-state index contributed by atoms with van der Waals surface area (Å²) in [4.78, 5) is 50.7. The summed E-state index contributed by atoms with van der Waals surface area (Å²) in [6.07, 6.45) is -2.21. The van der Waals surface area contributed by atoms with Crippen LogP contribution in [0.1, 0.15) is 72.7 Å². The van der Waals surface area contributed by atoms with Gasteiger partial charge >= 0.3 is 18.3 Å². The van der Waals surface area contributed by atoms with E-state index in [1.807, 2.05) is 0 Å². The monoisotopic (exact) mass is 709 g/mol. The van der Waals surface area contributed by atoms with Crippen molar-refractivity contribution in [3.05, 3.63) is 87.4 Å². The average molecular weight is 711 g/mol. The van der Waals surface area contributed by atoms with E-state index in [0.717, 1.165) is 31.0 Å². The minimum absolute atomic E-state index is 0.0225. The van der Waals surface area contributed by atoms with Gasteiger partial charge in [0.1, 0.15) is 5.60 Å². The first kappa shape index (κ1) is 38.0. The van der Waals surface area contributed by atoms with Gasteiger partial charge in [0.2, 0.25) is 0 Å². The summed E-state index contributed by atoms with van der Waals surface area (Å²) in [6, 6.07) is 11.6. The lowest BCUT2D eigenvalue weighted by atomic mass is 10.1. The number of ether oxygens (including phenoxy) is 1. The van der Waals surface area contributed by atoms with Gasteiger partial charge in [0.15, 0.2) is 0 Å². The Balaban J connectivity index is 1.66. The third-order valence-corrected chi connectivity index (χ3v) is 6.78. The number of anilines is 3. The molecular weight excluding hydrogens is 674 g/mol. The van der Waals surface area contributed by atoms with Crippen molar-refractivity contribution in [1.29, 1.82) is 0 Å². The normalized spacial score (nSPS) is 11.3. The van der Waals surface area contributed by atoms with Gasteiger partial charge in [-0.15, -0.1) is 0 Å². The number of hydrogen-bond acceptors (Lipinski definition) is 5. The summed E-state index contributed by atoms with van der Waals surface area (Å²) >= 11 is 12.0. The maximum Gasteiger partial charge on any atom is 0.416 e. The van der Waals surface area contributed by atoms with Gasteiger partial charge in [-0.25, -0.2) is 9.59 Å². The van der Waals surface area contributed by atoms with Crippen molar-refractivity contribution < 1.29 is 37.1 Å². The smallest absolute Gasteiger partial charge is 0.416 e. The molecule has 10 nitrogen and oxygen atoms in total. The lowest BCUT2D eigenvalue weighted by Crippen LogP contribution is -2.33. The van der Waals surface area contributed by atoms with Crippen molar-refractivity contribution in [1.82, 2.24) is 10.6 Å². The van der Waals surface area contributed by atoms with E-state index in [-0.39, 0.29) is 38.2 Å². The molecule has 0 saturated heterocycles. The Kier molecular flexibility index (Phi) is 13.5. The summed E-state index contributed by atoms with van der Waals surface area (Å²) in [6.45, 7) is 6.09. The molecule has 0 aliphatic carbocycles. The molecule has 3 aromatic rings. The fraction of sp³-hybridized carbons (Fsp3) is 0.333. The van der Waals surface area contributed by atoms with Crippen LogP contribution in [0.25, 0.3) is 0 Å². The van der Waals surface area contributed by atoms with Crippen LogP contribution < -0.4 is 26.6 Å². The van der Waals surface area contributed by atoms with Crippen molar-refractivity contribution >= 4 is 64.2 Å². The molecule has 0 aromatic heterocycles. The SMILES string of the molecule is CC(C)(C)OC(=O)NCCCCCCNC(=O)c1cc(NC(=O)Nc2cc(Cl)cc(Cl)c2)cc(C(=O)Nc2cccc(C(F)(F)F)c2)c1. The topological polar surface area (TPSA) is 138 Å². The molecule has 48 heavy (non-hydrogen) atoms. The second-order valence-corrected chi connectivity index (χ2v) is 12.5. The average Bonchev–Trinajstić information content (AvgIpc) is 2.96. The molecular formula is C33H36Cl2F3N5O5. The van der Waals surface area contributed by atoms with Crippen LogP contribution in [0.5, 0.6) is 0 Å². The molecule has 15 heteroatoms. The zero-order valence-electron chi connectivity index (χ0n) is 26.4. The van der Waals surface area contributed by atoms with Crippen LogP contribution in [0.2, 0.25) is 10.0 Å². The molecule has 0 saturated carbocycles. The fourth-order valence-corrected chi connectivity index (χ4v) is 4.80. The molecule has 0 unspecified atom stereocenters. The summed E-state index contributed by atoms with van der Waals surface area (Å²) < 4.78 is 44.8. The van der Waals surface area contributed by atoms with Gasteiger partial charge in [-0.1, -0.05) is 42.1 Å².